The van der Waals surface area contributed by atoms with Gasteiger partial charge in [-0.3, -0.25) is 0 Å². The molecule has 0 bridgehead atoms. The maximum Gasteiger partial charge on any atom is 0.360 e. The van der Waals surface area contributed by atoms with Gasteiger partial charge in [-0.05, 0) is 17.7 Å². The summed E-state index contributed by atoms with van der Waals surface area (Å²) >= 11 is 0. The summed E-state index contributed by atoms with van der Waals surface area (Å²) < 4.78 is 4.82. The molecule has 0 amide bonds. The molecular formula is C8H12BNO2. The molecule has 0 aliphatic carbocycles. The summed E-state index contributed by atoms with van der Waals surface area (Å²) in [5.41, 5.74) is 1.05. The van der Waals surface area contributed by atoms with Gasteiger partial charge in [0.1, 0.15) is 5.75 Å². The van der Waals surface area contributed by atoms with Crippen molar-refractivity contribution in [3.05, 3.63) is 29.8 Å². The van der Waals surface area contributed by atoms with Crippen molar-refractivity contribution in [2.24, 2.45) is 0 Å². The van der Waals surface area contributed by atoms with Gasteiger partial charge in [0.2, 0.25) is 0 Å². The van der Waals surface area contributed by atoms with Crippen LogP contribution in [0.1, 0.15) is 5.56 Å². The van der Waals surface area contributed by atoms with Crippen molar-refractivity contribution in [1.29, 1.82) is 0 Å². The molecule has 3 nitrogen and oxygen atoms in total. The minimum Gasteiger partial charge on any atom is -0.508 e. The predicted octanol–water partition coefficient (Wildman–Crippen LogP) is 0.395. The molecule has 0 aromatic heterocycles. The molecule has 0 aliphatic rings. The third-order valence-corrected chi connectivity index (χ3v) is 1.49. The number of hydrogen-bond donors (Lipinski definition) is 2. The number of phenols is 1. The van der Waals surface area contributed by atoms with Gasteiger partial charge in [0.05, 0.1) is 0 Å². The third kappa shape index (κ3) is 2.94. The molecule has 0 radical (unpaired) electrons. The lowest BCUT2D eigenvalue weighted by molar-refractivity contribution is 0.430. The van der Waals surface area contributed by atoms with Gasteiger partial charge in [-0.15, -0.1) is 0 Å². The Morgan fingerprint density at radius 2 is 2.42 bits per heavy atom. The average molecular weight is 165 g/mol. The molecule has 2 N–H and O–H groups in total. The average Bonchev–Trinajstić information content (AvgIpc) is 2.05. The third-order valence-electron chi connectivity index (χ3n) is 1.49. The van der Waals surface area contributed by atoms with Gasteiger partial charge in [0.25, 0.3) is 0 Å². The molecule has 0 fully saturated rings. The van der Waals surface area contributed by atoms with Crippen molar-refractivity contribution in [1.82, 2.24) is 5.23 Å². The Balaban J connectivity index is 2.41. The highest BCUT2D eigenvalue weighted by atomic mass is 16.4. The SMILES string of the molecule is COBNCc1cccc(O)c1. The molecule has 0 saturated heterocycles. The fourth-order valence-corrected chi connectivity index (χ4v) is 0.964. The molecule has 1 rings (SSSR count). The zero-order chi connectivity index (χ0) is 8.81. The first-order valence-corrected chi connectivity index (χ1v) is 3.80. The summed E-state index contributed by atoms with van der Waals surface area (Å²) in [6.45, 7) is 0.711. The van der Waals surface area contributed by atoms with E-state index in [2.05, 4.69) is 5.23 Å². The van der Waals surface area contributed by atoms with Crippen LogP contribution in [0.25, 0.3) is 0 Å². The second-order valence-corrected chi connectivity index (χ2v) is 2.53. The van der Waals surface area contributed by atoms with Crippen LogP contribution in [0.4, 0.5) is 0 Å². The molecule has 0 aliphatic heterocycles. The summed E-state index contributed by atoms with van der Waals surface area (Å²) in [6.07, 6.45) is 0. The van der Waals surface area contributed by atoms with Crippen molar-refractivity contribution in [3.63, 3.8) is 0 Å². The Labute approximate surface area is 72.7 Å². The number of aromatic hydroxyl groups is 1. The minimum atomic E-state index is 0.298. The Kier molecular flexibility index (Phi) is 3.64. The highest BCUT2D eigenvalue weighted by Gasteiger charge is 1.93. The van der Waals surface area contributed by atoms with E-state index in [0.29, 0.717) is 19.9 Å². The maximum absolute atomic E-state index is 9.11. The first kappa shape index (κ1) is 9.10. The lowest BCUT2D eigenvalue weighted by Crippen LogP contribution is -2.19. The normalized spacial score (nSPS) is 9.75. The molecule has 64 valence electrons. The van der Waals surface area contributed by atoms with Crippen molar-refractivity contribution < 1.29 is 9.76 Å². The summed E-state index contributed by atoms with van der Waals surface area (Å²) in [5, 5.41) is 12.2. The summed E-state index contributed by atoms with van der Waals surface area (Å²) in [7, 11) is 2.16. The zero-order valence-corrected chi connectivity index (χ0v) is 7.08. The first-order chi connectivity index (χ1) is 5.83. The molecule has 0 saturated carbocycles. The molecule has 1 aromatic rings. The molecule has 1 aromatic carbocycles. The monoisotopic (exact) mass is 165 g/mol. The van der Waals surface area contributed by atoms with E-state index in [1.807, 2.05) is 12.1 Å². The van der Waals surface area contributed by atoms with E-state index in [1.54, 1.807) is 19.2 Å². The quantitative estimate of drug-likeness (QED) is 0.501. The summed E-state index contributed by atoms with van der Waals surface area (Å²) in [6, 6.07) is 7.14. The molecule has 12 heavy (non-hydrogen) atoms. The van der Waals surface area contributed by atoms with Gasteiger partial charge in [0, 0.05) is 13.7 Å². The smallest absolute Gasteiger partial charge is 0.360 e. The van der Waals surface area contributed by atoms with Crippen molar-refractivity contribution in [2.75, 3.05) is 7.11 Å². The fourth-order valence-electron chi connectivity index (χ4n) is 0.964. The highest BCUT2D eigenvalue weighted by molar-refractivity contribution is 6.23. The fraction of sp³-hybridized carbons (Fsp3) is 0.250. The van der Waals surface area contributed by atoms with Gasteiger partial charge in [-0.1, -0.05) is 12.1 Å². The van der Waals surface area contributed by atoms with Crippen LogP contribution in [0.15, 0.2) is 24.3 Å². The van der Waals surface area contributed by atoms with Crippen LogP contribution in [0.2, 0.25) is 0 Å². The van der Waals surface area contributed by atoms with Crippen LogP contribution in [0, 0.1) is 0 Å². The number of phenolic OH excluding ortho intramolecular Hbond substituents is 1. The van der Waals surface area contributed by atoms with Crippen molar-refractivity contribution >= 4 is 7.62 Å². The number of nitrogens with one attached hydrogen (secondary N) is 1. The second kappa shape index (κ2) is 4.80. The highest BCUT2D eigenvalue weighted by Crippen LogP contribution is 2.09. The van der Waals surface area contributed by atoms with E-state index in [0.717, 1.165) is 5.56 Å². The lowest BCUT2D eigenvalue weighted by atomic mass is 10.2. The number of benzene rings is 1. The van der Waals surface area contributed by atoms with E-state index in [9.17, 15) is 0 Å². The van der Waals surface area contributed by atoms with Crippen molar-refractivity contribution in [2.45, 2.75) is 6.54 Å². The van der Waals surface area contributed by atoms with Gasteiger partial charge < -0.3 is 15.0 Å². The van der Waals surface area contributed by atoms with E-state index in [-0.39, 0.29) is 0 Å². The van der Waals surface area contributed by atoms with Gasteiger partial charge in [0.15, 0.2) is 0 Å². The number of rotatable bonds is 4. The topological polar surface area (TPSA) is 41.5 Å². The summed E-state index contributed by atoms with van der Waals surface area (Å²) in [5.74, 6) is 0.298. The van der Waals surface area contributed by atoms with E-state index >= 15 is 0 Å². The first-order valence-electron chi connectivity index (χ1n) is 3.80. The van der Waals surface area contributed by atoms with Crippen LogP contribution < -0.4 is 5.23 Å². The Morgan fingerprint density at radius 1 is 1.58 bits per heavy atom. The Hall–Kier alpha value is -0.995. The van der Waals surface area contributed by atoms with Crippen molar-refractivity contribution in [3.8, 4) is 5.75 Å². The molecule has 0 unspecified atom stereocenters. The Morgan fingerprint density at radius 3 is 3.08 bits per heavy atom. The second-order valence-electron chi connectivity index (χ2n) is 2.53. The van der Waals surface area contributed by atoms with E-state index < -0.39 is 0 Å². The minimum absolute atomic E-state index is 0.298. The van der Waals surface area contributed by atoms with Crippen LogP contribution in [0.5, 0.6) is 5.75 Å². The number of hydrogen-bond acceptors (Lipinski definition) is 3. The van der Waals surface area contributed by atoms with E-state index in [4.69, 9.17) is 9.76 Å². The Bertz CT molecular complexity index is 242. The standard InChI is InChI=1S/C8H12BNO2/c1-12-9-10-6-7-3-2-4-8(11)5-7/h2-5,9-11H,6H2,1H3. The van der Waals surface area contributed by atoms with Crippen LogP contribution in [-0.4, -0.2) is 19.8 Å². The maximum atomic E-state index is 9.11. The predicted molar refractivity (Wildman–Crippen MR) is 49.1 cm³/mol. The molecular weight excluding hydrogens is 153 g/mol. The molecule has 0 spiro atoms. The van der Waals surface area contributed by atoms with E-state index in [1.165, 1.54) is 0 Å². The van der Waals surface area contributed by atoms with Crippen LogP contribution in [-0.2, 0) is 11.2 Å². The molecule has 0 atom stereocenters. The van der Waals surface area contributed by atoms with Gasteiger partial charge in [-0.2, -0.15) is 0 Å². The largest absolute Gasteiger partial charge is 0.508 e. The summed E-state index contributed by atoms with van der Waals surface area (Å²) in [4.78, 5) is 0. The van der Waals surface area contributed by atoms with Crippen LogP contribution in [0.3, 0.4) is 0 Å². The zero-order valence-electron chi connectivity index (χ0n) is 7.08. The van der Waals surface area contributed by atoms with Crippen LogP contribution >= 0.6 is 0 Å². The molecule has 4 heteroatoms. The molecule has 0 heterocycles. The van der Waals surface area contributed by atoms with Gasteiger partial charge >= 0.3 is 7.62 Å². The lowest BCUT2D eigenvalue weighted by Gasteiger charge is -2.01. The van der Waals surface area contributed by atoms with Gasteiger partial charge in [-0.25, -0.2) is 0 Å².